The van der Waals surface area contributed by atoms with Crippen LogP contribution in [0.1, 0.15) is 5.56 Å². The molecule has 1 heterocycles. The topological polar surface area (TPSA) is 76.5 Å². The van der Waals surface area contributed by atoms with Gasteiger partial charge in [-0.3, -0.25) is 0 Å². The molecule has 0 fully saturated rings. The molecule has 0 aliphatic heterocycles. The van der Waals surface area contributed by atoms with Gasteiger partial charge in [0.05, 0.1) is 17.5 Å². The lowest BCUT2D eigenvalue weighted by Gasteiger charge is -2.15. The monoisotopic (exact) mass is 248 g/mol. The summed E-state index contributed by atoms with van der Waals surface area (Å²) in [6.07, 6.45) is 2.98. The van der Waals surface area contributed by atoms with Crippen LogP contribution in [0.15, 0.2) is 23.0 Å². The van der Waals surface area contributed by atoms with E-state index in [0.29, 0.717) is 0 Å². The molecule has 0 amide bonds. The number of thiocarbonyl (C=S) groups is 1. The summed E-state index contributed by atoms with van der Waals surface area (Å²) in [4.78, 5) is -0.0333. The molecule has 84 valence electrons. The molecule has 0 aliphatic carbocycles. The Balaban J connectivity index is 2.68. The van der Waals surface area contributed by atoms with Gasteiger partial charge in [0.1, 0.15) is 5.75 Å². The molecule has 7 heteroatoms. The highest BCUT2D eigenvalue weighted by molar-refractivity contribution is 7.92. The highest BCUT2D eigenvalue weighted by atomic mass is 32.2. The third-order valence-electron chi connectivity index (χ3n) is 1.78. The molecule has 1 aromatic rings. The molecule has 0 saturated heterocycles. The first kappa shape index (κ1) is 12.2. The second-order valence-corrected chi connectivity index (χ2v) is 5.71. The van der Waals surface area contributed by atoms with Gasteiger partial charge in [-0.2, -0.15) is 0 Å². The Kier molecular flexibility index (Phi) is 3.83. The lowest BCUT2D eigenvalue weighted by atomic mass is 10.3. The molecule has 5 nitrogen and oxygen atoms in total. The summed E-state index contributed by atoms with van der Waals surface area (Å²) >= 11 is 4.56. The van der Waals surface area contributed by atoms with E-state index in [1.54, 1.807) is 6.07 Å². The summed E-state index contributed by atoms with van der Waals surface area (Å²) in [7, 11) is -1.94. The third kappa shape index (κ3) is 3.61. The van der Waals surface area contributed by atoms with Gasteiger partial charge in [0.25, 0.3) is 0 Å². The van der Waals surface area contributed by atoms with Gasteiger partial charge in [0.2, 0.25) is 10.0 Å². The molecule has 0 saturated carbocycles. The zero-order chi connectivity index (χ0) is 11.5. The fourth-order valence-electron chi connectivity index (χ4n) is 1.03. The summed E-state index contributed by atoms with van der Waals surface area (Å²) < 4.78 is 29.2. The molecule has 0 aliphatic rings. The van der Waals surface area contributed by atoms with Crippen molar-refractivity contribution in [1.29, 1.82) is 0 Å². The number of sulfonamides is 1. The number of rotatable bonds is 5. The zero-order valence-corrected chi connectivity index (χ0v) is 9.85. The lowest BCUT2D eigenvalue weighted by Crippen LogP contribution is -2.33. The molecular formula is C8H12N2O3S2. The van der Waals surface area contributed by atoms with Gasteiger partial charge < -0.3 is 10.2 Å². The molecule has 0 aromatic carbocycles. The number of hydrogen-bond donors (Lipinski definition) is 1. The third-order valence-corrected chi connectivity index (χ3v) is 3.87. The van der Waals surface area contributed by atoms with Crippen molar-refractivity contribution in [1.82, 2.24) is 4.31 Å². The van der Waals surface area contributed by atoms with Crippen molar-refractivity contribution >= 4 is 27.2 Å². The molecule has 0 atom stereocenters. The smallest absolute Gasteiger partial charge is 0.220 e. The molecule has 2 N–H and O–H groups in total. The van der Waals surface area contributed by atoms with Gasteiger partial charge in [-0.1, -0.05) is 12.2 Å². The summed E-state index contributed by atoms with van der Waals surface area (Å²) in [6, 6.07) is 1.70. The fourth-order valence-corrected chi connectivity index (χ4v) is 2.40. The van der Waals surface area contributed by atoms with E-state index in [0.717, 1.165) is 5.56 Å². The lowest BCUT2D eigenvalue weighted by molar-refractivity contribution is 0.466. The van der Waals surface area contributed by atoms with E-state index in [2.05, 4.69) is 12.2 Å². The molecule has 0 spiro atoms. The average molecular weight is 248 g/mol. The average Bonchev–Trinajstić information content (AvgIpc) is 2.54. The van der Waals surface area contributed by atoms with E-state index in [1.807, 2.05) is 0 Å². The molecule has 1 rings (SSSR count). The Morgan fingerprint density at radius 3 is 2.80 bits per heavy atom. The van der Waals surface area contributed by atoms with Crippen LogP contribution in [0, 0.1) is 0 Å². The van der Waals surface area contributed by atoms with Crippen molar-refractivity contribution < 1.29 is 12.8 Å². The second-order valence-electron chi connectivity index (χ2n) is 3.11. The predicted molar refractivity (Wildman–Crippen MR) is 60.7 cm³/mol. The van der Waals surface area contributed by atoms with Crippen molar-refractivity contribution in [3.63, 3.8) is 0 Å². The van der Waals surface area contributed by atoms with Gasteiger partial charge >= 0.3 is 0 Å². The van der Waals surface area contributed by atoms with Gasteiger partial charge in [-0.05, 0) is 6.07 Å². The Morgan fingerprint density at radius 1 is 1.67 bits per heavy atom. The predicted octanol–water partition coefficient (Wildman–Crippen LogP) is 0.327. The minimum absolute atomic E-state index is 0.0333. The van der Waals surface area contributed by atoms with Crippen LogP contribution in [0.3, 0.4) is 0 Å². The van der Waals surface area contributed by atoms with E-state index in [4.69, 9.17) is 10.2 Å². The first-order valence-corrected chi connectivity index (χ1v) is 6.17. The standard InChI is InChI=1S/C8H12N2O3S2/c1-10(4-7-2-3-13-5-7)15(11,12)6-8(9)14/h2-3,5H,4,6H2,1H3,(H2,9,14). The van der Waals surface area contributed by atoms with Crippen molar-refractivity contribution in [2.45, 2.75) is 6.54 Å². The van der Waals surface area contributed by atoms with Crippen LogP contribution >= 0.6 is 12.2 Å². The van der Waals surface area contributed by atoms with E-state index in [9.17, 15) is 8.42 Å². The van der Waals surface area contributed by atoms with Crippen LogP contribution in [0.25, 0.3) is 0 Å². The van der Waals surface area contributed by atoms with E-state index < -0.39 is 10.0 Å². The fraction of sp³-hybridized carbons (Fsp3) is 0.375. The summed E-state index contributed by atoms with van der Waals surface area (Å²) in [5, 5.41) is 0. The quantitative estimate of drug-likeness (QED) is 0.760. The SMILES string of the molecule is CN(Cc1ccoc1)S(=O)(=O)CC(N)=S. The molecule has 1 aromatic heterocycles. The molecule has 15 heavy (non-hydrogen) atoms. The van der Waals surface area contributed by atoms with E-state index in [-0.39, 0.29) is 17.3 Å². The maximum atomic E-state index is 11.6. The van der Waals surface area contributed by atoms with Gasteiger partial charge in [0, 0.05) is 19.2 Å². The van der Waals surface area contributed by atoms with E-state index >= 15 is 0 Å². The Morgan fingerprint density at radius 2 is 2.33 bits per heavy atom. The van der Waals surface area contributed by atoms with Crippen molar-refractivity contribution in [3.8, 4) is 0 Å². The first-order chi connectivity index (χ1) is 6.92. The number of furan rings is 1. The van der Waals surface area contributed by atoms with Gasteiger partial charge in [-0.25, -0.2) is 12.7 Å². The number of hydrogen-bond acceptors (Lipinski definition) is 4. The Hall–Kier alpha value is -0.920. The number of nitrogens with zero attached hydrogens (tertiary/aromatic N) is 1. The maximum absolute atomic E-state index is 11.6. The van der Waals surface area contributed by atoms with E-state index in [1.165, 1.54) is 23.9 Å². The largest absolute Gasteiger partial charge is 0.472 e. The minimum Gasteiger partial charge on any atom is -0.472 e. The molecular weight excluding hydrogens is 236 g/mol. The summed E-state index contributed by atoms with van der Waals surface area (Å²) in [5.41, 5.74) is 5.98. The highest BCUT2D eigenvalue weighted by Gasteiger charge is 2.19. The Labute approximate surface area is 93.9 Å². The van der Waals surface area contributed by atoms with Crippen LogP contribution in [0.2, 0.25) is 0 Å². The molecule has 0 radical (unpaired) electrons. The number of nitrogens with two attached hydrogens (primary N) is 1. The van der Waals surface area contributed by atoms with Crippen LogP contribution in [0.5, 0.6) is 0 Å². The van der Waals surface area contributed by atoms with Crippen molar-refractivity contribution in [3.05, 3.63) is 24.2 Å². The Bertz CT molecular complexity index is 425. The van der Waals surface area contributed by atoms with Crippen molar-refractivity contribution in [2.75, 3.05) is 12.8 Å². The van der Waals surface area contributed by atoms with Gasteiger partial charge in [0.15, 0.2) is 0 Å². The zero-order valence-electron chi connectivity index (χ0n) is 8.21. The van der Waals surface area contributed by atoms with Crippen LogP contribution in [-0.2, 0) is 16.6 Å². The highest BCUT2D eigenvalue weighted by Crippen LogP contribution is 2.07. The van der Waals surface area contributed by atoms with Crippen molar-refractivity contribution in [2.24, 2.45) is 5.73 Å². The molecule has 0 bridgehead atoms. The maximum Gasteiger partial charge on any atom is 0.220 e. The minimum atomic E-state index is -3.41. The first-order valence-electron chi connectivity index (χ1n) is 4.15. The van der Waals surface area contributed by atoms with Crippen LogP contribution < -0.4 is 5.73 Å². The van der Waals surface area contributed by atoms with Crippen LogP contribution in [0.4, 0.5) is 0 Å². The van der Waals surface area contributed by atoms with Crippen LogP contribution in [-0.4, -0.2) is 30.5 Å². The summed E-state index contributed by atoms with van der Waals surface area (Å²) in [5.74, 6) is -0.309. The van der Waals surface area contributed by atoms with Gasteiger partial charge in [-0.15, -0.1) is 0 Å². The molecule has 0 unspecified atom stereocenters. The second kappa shape index (κ2) is 4.73. The summed E-state index contributed by atoms with van der Waals surface area (Å²) in [6.45, 7) is 0.251. The normalized spacial score (nSPS) is 11.9.